The molecule has 0 bridgehead atoms. The van der Waals surface area contributed by atoms with Crippen molar-refractivity contribution >= 4 is 35.2 Å². The van der Waals surface area contributed by atoms with Crippen molar-refractivity contribution in [3.8, 4) is 0 Å². The first-order valence-corrected chi connectivity index (χ1v) is 8.44. The number of hydrogen-bond donors (Lipinski definition) is 1. The third-order valence-corrected chi connectivity index (χ3v) is 4.47. The maximum atomic E-state index is 12.3. The van der Waals surface area contributed by atoms with Gasteiger partial charge in [-0.25, -0.2) is 0 Å². The lowest BCUT2D eigenvalue weighted by Gasteiger charge is -2.22. The zero-order chi connectivity index (χ0) is 15.4. The molecule has 5 nitrogen and oxygen atoms in total. The van der Waals surface area contributed by atoms with E-state index in [4.69, 9.17) is 16.0 Å². The predicted octanol–water partition coefficient (Wildman–Crippen LogP) is 2.61. The molecule has 1 aromatic rings. The molecule has 0 unspecified atom stereocenters. The summed E-state index contributed by atoms with van der Waals surface area (Å²) in [4.78, 5) is 26.1. The molecule has 0 aliphatic carbocycles. The van der Waals surface area contributed by atoms with Gasteiger partial charge in [0.15, 0.2) is 11.0 Å². The fraction of sp³-hybridized carbons (Fsp3) is 0.571. The number of nitrogens with zero attached hydrogens (tertiary/aromatic N) is 1. The van der Waals surface area contributed by atoms with E-state index >= 15 is 0 Å². The second kappa shape index (κ2) is 7.22. The highest BCUT2D eigenvalue weighted by Crippen LogP contribution is 2.24. The van der Waals surface area contributed by atoms with Crippen molar-refractivity contribution in [1.82, 2.24) is 10.2 Å². The maximum absolute atomic E-state index is 12.3. The number of nitrogens with one attached hydrogen (secondary N) is 1. The summed E-state index contributed by atoms with van der Waals surface area (Å²) >= 11 is 7.24. The molecule has 1 aromatic heterocycles. The fourth-order valence-electron chi connectivity index (χ4n) is 2.03. The number of rotatable bonds is 5. The Bertz CT molecular complexity index is 518. The Morgan fingerprint density at radius 2 is 2.29 bits per heavy atom. The van der Waals surface area contributed by atoms with Crippen LogP contribution < -0.4 is 5.32 Å². The van der Waals surface area contributed by atoms with Crippen LogP contribution in [0.1, 0.15) is 30.8 Å². The summed E-state index contributed by atoms with van der Waals surface area (Å²) in [6, 6.07) is 2.61. The average molecular weight is 331 g/mol. The number of thioether (sulfide) groups is 1. The normalized spacial score (nSPS) is 18.3. The monoisotopic (exact) mass is 330 g/mol. The molecule has 1 aliphatic rings. The minimum Gasteiger partial charge on any atom is -0.440 e. The van der Waals surface area contributed by atoms with Gasteiger partial charge in [-0.1, -0.05) is 13.8 Å². The summed E-state index contributed by atoms with van der Waals surface area (Å²) in [5.41, 5.74) is 0. The van der Waals surface area contributed by atoms with Gasteiger partial charge < -0.3 is 14.6 Å². The molecule has 0 spiro atoms. The lowest BCUT2D eigenvalue weighted by atomic mass is 10.1. The van der Waals surface area contributed by atoms with E-state index in [1.807, 2.05) is 0 Å². The molecule has 1 atom stereocenters. The van der Waals surface area contributed by atoms with Crippen LogP contribution in [0.2, 0.25) is 5.22 Å². The molecule has 0 saturated carbocycles. The number of halogens is 1. The molecule has 2 amide bonds. The van der Waals surface area contributed by atoms with Crippen molar-refractivity contribution in [3.63, 3.8) is 0 Å². The van der Waals surface area contributed by atoms with Crippen molar-refractivity contribution in [1.29, 1.82) is 0 Å². The molecule has 2 rings (SSSR count). The van der Waals surface area contributed by atoms with Gasteiger partial charge in [-0.3, -0.25) is 9.59 Å². The first kappa shape index (κ1) is 16.2. The first-order valence-electron chi connectivity index (χ1n) is 6.90. The third-order valence-electron chi connectivity index (χ3n) is 3.25. The summed E-state index contributed by atoms with van der Waals surface area (Å²) < 4.78 is 5.13. The Hall–Kier alpha value is -1.14. The van der Waals surface area contributed by atoms with Gasteiger partial charge in [-0.2, -0.15) is 0 Å². The Kier molecular flexibility index (Phi) is 5.58. The Balaban J connectivity index is 1.96. The molecule has 1 fully saturated rings. The van der Waals surface area contributed by atoms with Gasteiger partial charge in [0, 0.05) is 12.3 Å². The minimum atomic E-state index is -0.446. The highest BCUT2D eigenvalue weighted by atomic mass is 35.5. The summed E-state index contributed by atoms with van der Waals surface area (Å²) in [6.45, 7) is 4.84. The SMILES string of the molecule is CC(C)CCNC(=O)[C@H]1CSCN1C(=O)c1ccc(Cl)o1. The van der Waals surface area contributed by atoms with Gasteiger partial charge in [0.25, 0.3) is 5.91 Å². The smallest absolute Gasteiger partial charge is 0.291 e. The third kappa shape index (κ3) is 4.17. The lowest BCUT2D eigenvalue weighted by molar-refractivity contribution is -0.124. The second-order valence-corrected chi connectivity index (χ2v) is 6.74. The van der Waals surface area contributed by atoms with Crippen molar-refractivity contribution in [2.45, 2.75) is 26.3 Å². The summed E-state index contributed by atoms with van der Waals surface area (Å²) in [6.07, 6.45) is 0.924. The summed E-state index contributed by atoms with van der Waals surface area (Å²) in [7, 11) is 0. The number of carbonyl (C=O) groups excluding carboxylic acids is 2. The van der Waals surface area contributed by atoms with Gasteiger partial charge in [0.05, 0.1) is 5.88 Å². The standard InChI is InChI=1S/C14H19ClN2O3S/c1-9(2)5-6-16-13(18)10-7-21-8-17(10)14(19)11-3-4-12(15)20-11/h3-4,9-10H,5-8H2,1-2H3,(H,16,18)/t10-/m1/s1. The van der Waals surface area contributed by atoms with Crippen LogP contribution in [0.25, 0.3) is 0 Å². The van der Waals surface area contributed by atoms with Crippen LogP contribution >= 0.6 is 23.4 Å². The van der Waals surface area contributed by atoms with Crippen molar-refractivity contribution in [2.75, 3.05) is 18.2 Å². The van der Waals surface area contributed by atoms with E-state index in [0.29, 0.717) is 24.1 Å². The van der Waals surface area contributed by atoms with E-state index in [-0.39, 0.29) is 22.8 Å². The van der Waals surface area contributed by atoms with Crippen molar-refractivity contribution in [3.05, 3.63) is 23.1 Å². The van der Waals surface area contributed by atoms with Gasteiger partial charge in [-0.15, -0.1) is 11.8 Å². The highest BCUT2D eigenvalue weighted by molar-refractivity contribution is 7.99. The lowest BCUT2D eigenvalue weighted by Crippen LogP contribution is -2.47. The van der Waals surface area contributed by atoms with E-state index < -0.39 is 6.04 Å². The second-order valence-electron chi connectivity index (χ2n) is 5.37. The van der Waals surface area contributed by atoms with Crippen LogP contribution in [-0.2, 0) is 4.79 Å². The zero-order valence-corrected chi connectivity index (χ0v) is 13.7. The van der Waals surface area contributed by atoms with Crippen LogP contribution in [0, 0.1) is 5.92 Å². The molecule has 2 heterocycles. The molecule has 7 heteroatoms. The Morgan fingerprint density at radius 3 is 2.90 bits per heavy atom. The van der Waals surface area contributed by atoms with Crippen molar-refractivity contribution in [2.24, 2.45) is 5.92 Å². The number of amides is 2. The van der Waals surface area contributed by atoms with E-state index in [1.54, 1.807) is 11.8 Å². The molecule has 0 aromatic carbocycles. The molecule has 1 saturated heterocycles. The highest BCUT2D eigenvalue weighted by Gasteiger charge is 2.36. The average Bonchev–Trinajstić information content (AvgIpc) is 3.05. The predicted molar refractivity (Wildman–Crippen MR) is 83.5 cm³/mol. The van der Waals surface area contributed by atoms with E-state index in [0.717, 1.165) is 6.42 Å². The zero-order valence-electron chi connectivity index (χ0n) is 12.1. The molecule has 21 heavy (non-hydrogen) atoms. The fourth-order valence-corrected chi connectivity index (χ4v) is 3.33. The number of furan rings is 1. The van der Waals surface area contributed by atoms with Crippen LogP contribution in [0.4, 0.5) is 0 Å². The van der Waals surface area contributed by atoms with Crippen molar-refractivity contribution < 1.29 is 14.0 Å². The topological polar surface area (TPSA) is 62.6 Å². The molecule has 0 radical (unpaired) electrons. The molecular formula is C14H19ClN2O3S. The Morgan fingerprint density at radius 1 is 1.52 bits per heavy atom. The quantitative estimate of drug-likeness (QED) is 0.901. The minimum absolute atomic E-state index is 0.105. The summed E-state index contributed by atoms with van der Waals surface area (Å²) in [5.74, 6) is 1.39. The van der Waals surface area contributed by atoms with Crippen LogP contribution in [0.3, 0.4) is 0 Å². The van der Waals surface area contributed by atoms with Crippen LogP contribution in [0.5, 0.6) is 0 Å². The van der Waals surface area contributed by atoms with Gasteiger partial charge >= 0.3 is 0 Å². The van der Waals surface area contributed by atoms with E-state index in [1.165, 1.54) is 17.0 Å². The number of carbonyl (C=O) groups is 2. The Labute approximate surface area is 133 Å². The van der Waals surface area contributed by atoms with Crippen LogP contribution in [-0.4, -0.2) is 40.9 Å². The summed E-state index contributed by atoms with van der Waals surface area (Å²) in [5, 5.41) is 3.06. The first-order chi connectivity index (χ1) is 9.99. The molecule has 116 valence electrons. The van der Waals surface area contributed by atoms with Gasteiger partial charge in [-0.05, 0) is 36.1 Å². The van der Waals surface area contributed by atoms with Gasteiger partial charge in [0.2, 0.25) is 5.91 Å². The molecule has 1 aliphatic heterocycles. The van der Waals surface area contributed by atoms with Crippen LogP contribution in [0.15, 0.2) is 16.5 Å². The van der Waals surface area contributed by atoms with E-state index in [9.17, 15) is 9.59 Å². The van der Waals surface area contributed by atoms with E-state index in [2.05, 4.69) is 19.2 Å². The van der Waals surface area contributed by atoms with Gasteiger partial charge in [0.1, 0.15) is 6.04 Å². The molecular weight excluding hydrogens is 312 g/mol. The molecule has 1 N–H and O–H groups in total. The number of hydrogen-bond acceptors (Lipinski definition) is 4. The largest absolute Gasteiger partial charge is 0.440 e. The maximum Gasteiger partial charge on any atom is 0.291 e.